The SMILES string of the molecule is CCCCCCCCCCCCCCCC(=O)NCCCCCCOP(=O)(O)OCC1OC(n2cnc3c(=S)nc(N)[nH]c32)C(O)C1OP(=S)(OC)OCC(OC)C(O)C(O)n1cnc2c(=S)nc(N)[nH]c21. The second kappa shape index (κ2) is 30.0. The molecule has 9 unspecified atom stereocenters. The number of imidazole rings is 2. The summed E-state index contributed by atoms with van der Waals surface area (Å²) in [7, 11) is -2.23. The summed E-state index contributed by atoms with van der Waals surface area (Å²) >= 11 is 16.2. The van der Waals surface area contributed by atoms with Crippen LogP contribution in [0.2, 0.25) is 0 Å². The number of phosphoric ester groups is 1. The molecule has 5 heterocycles. The van der Waals surface area contributed by atoms with Crippen LogP contribution in [-0.4, -0.2) is 136 Å². The third kappa shape index (κ3) is 17.8. The first-order chi connectivity index (χ1) is 34.5. The van der Waals surface area contributed by atoms with Gasteiger partial charge in [-0.25, -0.2) is 24.5 Å². The van der Waals surface area contributed by atoms with Crippen molar-refractivity contribution in [3.63, 3.8) is 0 Å². The van der Waals surface area contributed by atoms with Gasteiger partial charge in [0.25, 0.3) is 0 Å². The number of aromatic nitrogens is 8. The molecule has 0 aliphatic carbocycles. The number of nitrogens with two attached hydrogens (primary N) is 2. The molecule has 0 saturated carbocycles. The summed E-state index contributed by atoms with van der Waals surface area (Å²) in [6, 6.07) is 0. The molecule has 1 saturated heterocycles. The molecule has 9 atom stereocenters. The van der Waals surface area contributed by atoms with Gasteiger partial charge >= 0.3 is 14.5 Å². The Labute approximate surface area is 434 Å². The highest BCUT2D eigenvalue weighted by Gasteiger charge is 2.50. The van der Waals surface area contributed by atoms with Gasteiger partial charge in [0.15, 0.2) is 33.6 Å². The maximum Gasteiger partial charge on any atom is 0.472 e. The lowest BCUT2D eigenvalue weighted by molar-refractivity contribution is -0.121. The van der Waals surface area contributed by atoms with E-state index >= 15 is 0 Å². The Kier molecular flexibility index (Phi) is 24.9. The molecule has 0 spiro atoms. The van der Waals surface area contributed by atoms with Crippen LogP contribution in [0.4, 0.5) is 11.9 Å². The van der Waals surface area contributed by atoms with E-state index in [1.54, 1.807) is 0 Å². The number of anilines is 2. The molecule has 1 aliphatic rings. The first-order valence-corrected chi connectivity index (χ1v) is 29.4. The molecule has 24 nitrogen and oxygen atoms in total. The fourth-order valence-corrected chi connectivity index (χ4v) is 11.1. The molecular weight excluding hydrogens is 1040 g/mol. The number of H-pyrrole nitrogens is 2. The molecule has 1 fully saturated rings. The Hall–Kier alpha value is -2.95. The van der Waals surface area contributed by atoms with Crippen LogP contribution in [0.5, 0.6) is 0 Å². The fourth-order valence-electron chi connectivity index (χ4n) is 8.20. The summed E-state index contributed by atoms with van der Waals surface area (Å²) < 4.78 is 55.8. The highest BCUT2D eigenvalue weighted by Crippen LogP contribution is 2.54. The molecule has 11 N–H and O–H groups in total. The number of phosphoric acid groups is 1. The predicted octanol–water partition coefficient (Wildman–Crippen LogP) is 6.85. The molecule has 406 valence electrons. The number of amides is 1. The molecule has 4 aromatic heterocycles. The Balaban J connectivity index is 1.08. The van der Waals surface area contributed by atoms with Crippen molar-refractivity contribution >= 4 is 90.9 Å². The van der Waals surface area contributed by atoms with Gasteiger partial charge in [-0.3, -0.25) is 27.5 Å². The lowest BCUT2D eigenvalue weighted by Crippen LogP contribution is -2.40. The van der Waals surface area contributed by atoms with Crippen molar-refractivity contribution in [2.45, 2.75) is 165 Å². The fraction of sp³-hybridized carbons (Fsp3) is 0.744. The van der Waals surface area contributed by atoms with E-state index in [-0.39, 0.29) is 56.0 Å². The lowest BCUT2D eigenvalue weighted by Gasteiger charge is -2.30. The first-order valence-electron chi connectivity index (χ1n) is 24.6. The van der Waals surface area contributed by atoms with Crippen LogP contribution in [0.1, 0.15) is 135 Å². The molecule has 0 aromatic carbocycles. The van der Waals surface area contributed by atoms with E-state index in [9.17, 15) is 29.6 Å². The average molecular weight is 1110 g/mol. The van der Waals surface area contributed by atoms with Crippen molar-refractivity contribution in [1.29, 1.82) is 0 Å². The number of carbonyl (C=O) groups is 1. The van der Waals surface area contributed by atoms with E-state index in [1.807, 2.05) is 0 Å². The number of fused-ring (bicyclic) bond motifs is 2. The molecule has 1 aliphatic heterocycles. The van der Waals surface area contributed by atoms with Crippen molar-refractivity contribution in [1.82, 2.24) is 44.4 Å². The maximum atomic E-state index is 13.1. The number of aliphatic hydroxyl groups excluding tert-OH is 3. The van der Waals surface area contributed by atoms with Crippen molar-refractivity contribution in [3.05, 3.63) is 21.9 Å². The molecule has 4 aromatic rings. The van der Waals surface area contributed by atoms with E-state index in [0.29, 0.717) is 25.8 Å². The molecule has 0 radical (unpaired) electrons. The van der Waals surface area contributed by atoms with E-state index in [4.69, 9.17) is 79.8 Å². The second-order valence-corrected chi connectivity index (χ2v) is 22.9. The van der Waals surface area contributed by atoms with E-state index in [1.165, 1.54) is 100 Å². The number of aromatic amines is 2. The highest BCUT2D eigenvalue weighted by molar-refractivity contribution is 8.07. The summed E-state index contributed by atoms with van der Waals surface area (Å²) in [6.07, 6.45) is 11.8. The van der Waals surface area contributed by atoms with Crippen LogP contribution in [0.3, 0.4) is 0 Å². The largest absolute Gasteiger partial charge is 0.472 e. The van der Waals surface area contributed by atoms with Gasteiger partial charge in [-0.2, -0.15) is 0 Å². The number of methoxy groups -OCH3 is 1. The Morgan fingerprint density at radius 3 is 2.04 bits per heavy atom. The van der Waals surface area contributed by atoms with Crippen molar-refractivity contribution in [2.24, 2.45) is 0 Å². The summed E-state index contributed by atoms with van der Waals surface area (Å²) in [5, 5.41) is 37.2. The Morgan fingerprint density at radius 1 is 0.847 bits per heavy atom. The quantitative estimate of drug-likeness (QED) is 0.0128. The van der Waals surface area contributed by atoms with Crippen LogP contribution in [0, 0.1) is 9.28 Å². The van der Waals surface area contributed by atoms with Gasteiger partial charge in [0, 0.05) is 27.2 Å². The van der Waals surface area contributed by atoms with Crippen LogP contribution in [0.15, 0.2) is 12.7 Å². The van der Waals surface area contributed by atoms with E-state index in [0.717, 1.165) is 32.1 Å². The maximum absolute atomic E-state index is 13.1. The van der Waals surface area contributed by atoms with Crippen LogP contribution in [-0.2, 0) is 53.3 Å². The zero-order chi connectivity index (χ0) is 52.3. The number of carbonyl (C=O) groups excluding carboxylic acids is 1. The molecule has 72 heavy (non-hydrogen) atoms. The van der Waals surface area contributed by atoms with Crippen molar-refractivity contribution in [3.8, 4) is 0 Å². The van der Waals surface area contributed by atoms with Crippen LogP contribution < -0.4 is 16.8 Å². The molecule has 1 amide bonds. The third-order valence-electron chi connectivity index (χ3n) is 12.2. The van der Waals surface area contributed by atoms with E-state index in [2.05, 4.69) is 42.1 Å². The normalized spacial score (nSPS) is 20.2. The van der Waals surface area contributed by atoms with Gasteiger partial charge in [-0.15, -0.1) is 0 Å². The lowest BCUT2D eigenvalue weighted by atomic mass is 10.0. The van der Waals surface area contributed by atoms with Crippen molar-refractivity contribution in [2.75, 3.05) is 52.1 Å². The highest BCUT2D eigenvalue weighted by atomic mass is 32.5. The van der Waals surface area contributed by atoms with Gasteiger partial charge in [0.05, 0.1) is 32.5 Å². The minimum absolute atomic E-state index is 0.0381. The number of hydrogen-bond acceptors (Lipinski definition) is 21. The summed E-state index contributed by atoms with van der Waals surface area (Å²) in [5.41, 5.74) is 12.6. The summed E-state index contributed by atoms with van der Waals surface area (Å²) in [6.45, 7) is -2.38. The number of nitrogens with one attached hydrogen (secondary N) is 3. The topological polar surface area (TPSA) is 337 Å². The smallest absolute Gasteiger partial charge is 0.386 e. The summed E-state index contributed by atoms with van der Waals surface area (Å²) in [4.78, 5) is 45.0. The standard InChI is InChI=1S/C43H73N11O13P2S3/c1-4-5-6-7-8-9-10-11-12-13-14-15-18-21-30(55)46-22-19-16-17-20-23-63-68(59,60)64-25-29-35(34(57)41(66-29)54-27-48-32-37(54)50-43(45)52-39(32)71)67-69(72,62-3)65-24-28(61-2)33(56)40(58)53-26-47-31-36(53)49-42(44)51-38(31)70/h26-29,33-35,40-41,56-58H,4-25H2,1-3H3,(H,46,55)(H,59,60)(H3,44,49,51,70)(H3,45,50,52,71). The number of unbranched alkanes of at least 4 members (excludes halogenated alkanes) is 15. The average Bonchev–Trinajstić information content (AvgIpc) is 4.05. The van der Waals surface area contributed by atoms with E-state index < -0.39 is 70.7 Å². The number of hydrogen-bond donors (Lipinski definition) is 9. The Bertz CT molecular complexity index is 2520. The minimum Gasteiger partial charge on any atom is -0.386 e. The minimum atomic E-state index is -4.69. The van der Waals surface area contributed by atoms with Gasteiger partial charge in [0.1, 0.15) is 52.8 Å². The molecule has 5 rings (SSSR count). The number of nitrogen functional groups attached to an aromatic ring is 2. The zero-order valence-corrected chi connectivity index (χ0v) is 45.4. The van der Waals surface area contributed by atoms with Gasteiger partial charge < -0.3 is 65.5 Å². The first kappa shape index (κ1) is 59.9. The third-order valence-corrected chi connectivity index (χ3v) is 16.2. The molecule has 0 bridgehead atoms. The number of rotatable bonds is 36. The molecule has 29 heteroatoms. The summed E-state index contributed by atoms with van der Waals surface area (Å²) in [5.74, 6) is -0.0238. The zero-order valence-electron chi connectivity index (χ0n) is 41.2. The Morgan fingerprint density at radius 2 is 1.42 bits per heavy atom. The monoisotopic (exact) mass is 1110 g/mol. The second-order valence-electron chi connectivity index (χ2n) is 17.6. The predicted molar refractivity (Wildman–Crippen MR) is 278 cm³/mol. The van der Waals surface area contributed by atoms with Crippen LogP contribution >= 0.6 is 39.0 Å². The van der Waals surface area contributed by atoms with Gasteiger partial charge in [-0.05, 0) is 31.1 Å². The number of aliphatic hydroxyl groups is 3. The number of nitrogens with zero attached hydrogens (tertiary/aromatic N) is 6. The van der Waals surface area contributed by atoms with Crippen molar-refractivity contribution < 1.29 is 61.7 Å². The van der Waals surface area contributed by atoms with Crippen LogP contribution in [0.25, 0.3) is 22.3 Å². The van der Waals surface area contributed by atoms with Gasteiger partial charge in [0.2, 0.25) is 5.91 Å². The number of ether oxygens (including phenoxy) is 2. The molecular formula is C43H73N11O13P2S3. The van der Waals surface area contributed by atoms with Gasteiger partial charge in [-0.1, -0.05) is 121 Å².